The van der Waals surface area contributed by atoms with Gasteiger partial charge in [0.25, 0.3) is 0 Å². The summed E-state index contributed by atoms with van der Waals surface area (Å²) in [7, 11) is 0. The van der Waals surface area contributed by atoms with Crippen LogP contribution in [0.15, 0.2) is 66.7 Å². The average molecular weight is 351 g/mol. The Morgan fingerprint density at radius 1 is 0.630 bits per heavy atom. The third-order valence-corrected chi connectivity index (χ3v) is 5.62. The summed E-state index contributed by atoms with van der Waals surface area (Å²) in [5, 5.41) is 0. The first-order valence-corrected chi connectivity index (χ1v) is 9.66. The molecule has 0 bridgehead atoms. The summed E-state index contributed by atoms with van der Waals surface area (Å²) in [6.45, 7) is 8.90. The summed E-state index contributed by atoms with van der Waals surface area (Å²) < 4.78 is 0. The molecule has 3 aromatic rings. The van der Waals surface area contributed by atoms with Crippen LogP contribution in [-0.4, -0.2) is 0 Å². The van der Waals surface area contributed by atoms with Gasteiger partial charge in [-0.3, -0.25) is 0 Å². The molecule has 0 saturated carbocycles. The first kappa shape index (κ1) is 17.5. The Morgan fingerprint density at radius 2 is 1.15 bits per heavy atom. The van der Waals surface area contributed by atoms with Crippen molar-refractivity contribution in [1.29, 1.82) is 0 Å². The van der Waals surface area contributed by atoms with Gasteiger partial charge in [-0.2, -0.15) is 0 Å². The van der Waals surface area contributed by atoms with E-state index < -0.39 is 0 Å². The molecule has 0 aliphatic heterocycles. The van der Waals surface area contributed by atoms with E-state index in [1.165, 1.54) is 44.5 Å². The fourth-order valence-electron chi connectivity index (χ4n) is 4.08. The predicted octanol–water partition coefficient (Wildman–Crippen LogP) is 7.50. The van der Waals surface area contributed by atoms with Gasteiger partial charge in [-0.1, -0.05) is 104 Å². The molecule has 1 aliphatic rings. The normalized spacial score (nSPS) is 14.7. The summed E-state index contributed by atoms with van der Waals surface area (Å²) in [5.74, 6) is 0. The quantitative estimate of drug-likeness (QED) is 0.429. The lowest BCUT2D eigenvalue weighted by molar-refractivity contribution is 0.659. The molecule has 0 fully saturated rings. The molecule has 0 radical (unpaired) electrons. The van der Waals surface area contributed by atoms with Gasteiger partial charge in [-0.25, -0.2) is 0 Å². The summed E-state index contributed by atoms with van der Waals surface area (Å²) in [6.07, 6.45) is 8.60. The van der Waals surface area contributed by atoms with Gasteiger partial charge in [0.05, 0.1) is 0 Å². The smallest absolute Gasteiger partial charge is 0.0159 e. The van der Waals surface area contributed by atoms with Gasteiger partial charge in [0, 0.05) is 5.41 Å². The van der Waals surface area contributed by atoms with Crippen LogP contribution in [0.5, 0.6) is 0 Å². The number of fused-ring (bicyclic) bond motifs is 3. The highest BCUT2D eigenvalue weighted by molar-refractivity contribution is 5.83. The first-order chi connectivity index (χ1) is 13.0. The van der Waals surface area contributed by atoms with Crippen molar-refractivity contribution in [1.82, 2.24) is 0 Å². The third-order valence-electron chi connectivity index (χ3n) is 5.62. The van der Waals surface area contributed by atoms with Crippen molar-refractivity contribution in [3.8, 4) is 11.1 Å². The van der Waals surface area contributed by atoms with E-state index in [4.69, 9.17) is 0 Å². The van der Waals surface area contributed by atoms with Crippen molar-refractivity contribution in [3.63, 3.8) is 0 Å². The average Bonchev–Trinajstić information content (AvgIpc) is 2.88. The molecule has 0 atom stereocenters. The second-order valence-electron chi connectivity index (χ2n) is 7.98. The fraction of sp³-hybridized carbons (Fsp3) is 0.185. The van der Waals surface area contributed by atoms with Crippen LogP contribution in [0.4, 0.5) is 0 Å². The van der Waals surface area contributed by atoms with Crippen LogP contribution in [0, 0.1) is 6.92 Å². The highest BCUT2D eigenvalue weighted by Gasteiger charge is 2.35. The van der Waals surface area contributed by atoms with Crippen molar-refractivity contribution in [2.24, 2.45) is 0 Å². The molecule has 0 heteroatoms. The van der Waals surface area contributed by atoms with E-state index in [-0.39, 0.29) is 5.41 Å². The van der Waals surface area contributed by atoms with E-state index in [1.54, 1.807) is 0 Å². The molecule has 4 rings (SSSR count). The fourth-order valence-corrected chi connectivity index (χ4v) is 4.08. The number of hydrogen-bond acceptors (Lipinski definition) is 0. The van der Waals surface area contributed by atoms with Gasteiger partial charge in [0.1, 0.15) is 0 Å². The van der Waals surface area contributed by atoms with Crippen LogP contribution in [-0.2, 0) is 5.41 Å². The highest BCUT2D eigenvalue weighted by atomic mass is 14.4. The molecule has 0 spiro atoms. The molecular weight excluding hydrogens is 324 g/mol. The maximum atomic E-state index is 2.36. The summed E-state index contributed by atoms with van der Waals surface area (Å²) in [4.78, 5) is 0. The Bertz CT molecular complexity index is 1040. The predicted molar refractivity (Wildman–Crippen MR) is 119 cm³/mol. The summed E-state index contributed by atoms with van der Waals surface area (Å²) in [6, 6.07) is 22.4. The zero-order chi connectivity index (χ0) is 19.0. The zero-order valence-corrected chi connectivity index (χ0v) is 16.6. The Labute approximate surface area is 162 Å². The molecule has 0 saturated heterocycles. The monoisotopic (exact) mass is 350 g/mol. The van der Waals surface area contributed by atoms with Crippen LogP contribution in [0.2, 0.25) is 0 Å². The Morgan fingerprint density at radius 3 is 1.81 bits per heavy atom. The van der Waals surface area contributed by atoms with Crippen LogP contribution in [0.1, 0.15) is 54.2 Å². The number of hydrogen-bond donors (Lipinski definition) is 0. The van der Waals surface area contributed by atoms with Gasteiger partial charge in [0.2, 0.25) is 0 Å². The van der Waals surface area contributed by atoms with E-state index in [0.29, 0.717) is 0 Å². The largest absolute Gasteiger partial charge is 0.0871 e. The van der Waals surface area contributed by atoms with Gasteiger partial charge >= 0.3 is 0 Å². The standard InChI is InChI=1S/C27H26/c1-5-6-20-8-10-21(11-9-20)12-13-22-14-16-24-23-15-7-19(2)17-25(23)27(3,4)26(24)18-22/h5-18H,1-4H3/b6-5+,13-12+. The van der Waals surface area contributed by atoms with E-state index in [2.05, 4.69) is 106 Å². The number of rotatable bonds is 3. The molecule has 1 aliphatic carbocycles. The SMILES string of the molecule is C/C=C/c1ccc(/C=C/c2ccc3c(c2)C(C)(C)c2cc(C)ccc2-3)cc1. The third kappa shape index (κ3) is 3.17. The molecule has 3 aromatic carbocycles. The molecule has 134 valence electrons. The Hall–Kier alpha value is -2.86. The molecular formula is C27H26. The number of aryl methyl sites for hydroxylation is 1. The molecule has 0 nitrogen and oxygen atoms in total. The minimum atomic E-state index is 0.0503. The second-order valence-corrected chi connectivity index (χ2v) is 7.98. The highest BCUT2D eigenvalue weighted by Crippen LogP contribution is 2.49. The first-order valence-electron chi connectivity index (χ1n) is 9.66. The topological polar surface area (TPSA) is 0 Å². The lowest BCUT2D eigenvalue weighted by Gasteiger charge is -2.22. The Balaban J connectivity index is 1.66. The van der Waals surface area contributed by atoms with E-state index >= 15 is 0 Å². The van der Waals surface area contributed by atoms with Crippen molar-refractivity contribution < 1.29 is 0 Å². The number of allylic oxidation sites excluding steroid dienone is 1. The van der Waals surface area contributed by atoms with Crippen LogP contribution < -0.4 is 0 Å². The molecule has 0 N–H and O–H groups in total. The minimum absolute atomic E-state index is 0.0503. The zero-order valence-electron chi connectivity index (χ0n) is 16.6. The van der Waals surface area contributed by atoms with Crippen molar-refractivity contribution >= 4 is 18.2 Å². The van der Waals surface area contributed by atoms with Crippen LogP contribution in [0.25, 0.3) is 29.4 Å². The molecule has 0 aromatic heterocycles. The lowest BCUT2D eigenvalue weighted by atomic mass is 9.81. The van der Waals surface area contributed by atoms with Crippen LogP contribution >= 0.6 is 0 Å². The van der Waals surface area contributed by atoms with E-state index in [0.717, 1.165) is 0 Å². The lowest BCUT2D eigenvalue weighted by Crippen LogP contribution is -2.15. The molecule has 0 heterocycles. The maximum absolute atomic E-state index is 2.36. The van der Waals surface area contributed by atoms with E-state index in [1.807, 2.05) is 6.92 Å². The summed E-state index contributed by atoms with van der Waals surface area (Å²) >= 11 is 0. The number of benzene rings is 3. The summed E-state index contributed by atoms with van der Waals surface area (Å²) in [5.41, 5.74) is 10.7. The van der Waals surface area contributed by atoms with Crippen molar-refractivity contribution in [3.05, 3.63) is 100 Å². The molecule has 27 heavy (non-hydrogen) atoms. The van der Waals surface area contributed by atoms with Gasteiger partial charge in [-0.05, 0) is 52.8 Å². The van der Waals surface area contributed by atoms with Crippen molar-refractivity contribution in [2.75, 3.05) is 0 Å². The van der Waals surface area contributed by atoms with Crippen LogP contribution in [0.3, 0.4) is 0 Å². The molecule has 0 amide bonds. The molecule has 0 unspecified atom stereocenters. The van der Waals surface area contributed by atoms with Gasteiger partial charge < -0.3 is 0 Å². The van der Waals surface area contributed by atoms with Crippen molar-refractivity contribution in [2.45, 2.75) is 33.1 Å². The second kappa shape index (κ2) is 6.70. The minimum Gasteiger partial charge on any atom is -0.0871 e. The maximum Gasteiger partial charge on any atom is 0.0159 e. The Kier molecular flexibility index (Phi) is 4.36. The van der Waals surface area contributed by atoms with E-state index in [9.17, 15) is 0 Å². The van der Waals surface area contributed by atoms with Gasteiger partial charge in [-0.15, -0.1) is 0 Å². The van der Waals surface area contributed by atoms with Gasteiger partial charge in [0.15, 0.2) is 0 Å².